The number of aromatic nitrogens is 2. The third-order valence-electron chi connectivity index (χ3n) is 4.32. The molecule has 134 valence electrons. The van der Waals surface area contributed by atoms with E-state index in [4.69, 9.17) is 19.1 Å². The smallest absolute Gasteiger partial charge is 0.307 e. The van der Waals surface area contributed by atoms with Gasteiger partial charge < -0.3 is 19.1 Å². The molecule has 1 saturated heterocycles. The molecule has 0 spiro atoms. The number of carboxylic acids is 1. The number of ether oxygens (including phenoxy) is 2. The molecular formula is C17H21N3O5. The summed E-state index contributed by atoms with van der Waals surface area (Å²) in [5, 5.41) is 13.2. The van der Waals surface area contributed by atoms with Crippen molar-refractivity contribution in [1.82, 2.24) is 15.0 Å². The van der Waals surface area contributed by atoms with Crippen LogP contribution in [-0.4, -0.2) is 53.4 Å². The Bertz CT molecular complexity index is 746. The van der Waals surface area contributed by atoms with Gasteiger partial charge >= 0.3 is 5.97 Å². The fraction of sp³-hybridized carbons (Fsp3) is 0.471. The zero-order valence-corrected chi connectivity index (χ0v) is 14.3. The van der Waals surface area contributed by atoms with E-state index in [1.807, 2.05) is 11.0 Å². The van der Waals surface area contributed by atoms with Crippen LogP contribution in [0.25, 0.3) is 11.4 Å². The van der Waals surface area contributed by atoms with Crippen LogP contribution >= 0.6 is 0 Å². The number of hydrogen-bond acceptors (Lipinski definition) is 7. The van der Waals surface area contributed by atoms with Crippen molar-refractivity contribution in [2.75, 3.05) is 27.3 Å². The Kier molecular flexibility index (Phi) is 5.18. The van der Waals surface area contributed by atoms with E-state index in [0.29, 0.717) is 42.7 Å². The van der Waals surface area contributed by atoms with Crippen molar-refractivity contribution in [2.45, 2.75) is 19.4 Å². The second kappa shape index (κ2) is 7.52. The Morgan fingerprint density at radius 3 is 2.88 bits per heavy atom. The van der Waals surface area contributed by atoms with Crippen molar-refractivity contribution in [2.24, 2.45) is 5.92 Å². The first-order valence-electron chi connectivity index (χ1n) is 8.11. The lowest BCUT2D eigenvalue weighted by molar-refractivity contribution is -0.143. The molecule has 8 heteroatoms. The lowest BCUT2D eigenvalue weighted by atomic mass is 9.98. The largest absolute Gasteiger partial charge is 0.493 e. The number of carboxylic acid groups (broad SMARTS) is 1. The third-order valence-corrected chi connectivity index (χ3v) is 4.32. The summed E-state index contributed by atoms with van der Waals surface area (Å²) in [4.78, 5) is 17.6. The molecule has 1 aromatic carbocycles. The second-order valence-corrected chi connectivity index (χ2v) is 5.99. The fourth-order valence-corrected chi connectivity index (χ4v) is 3.00. The molecule has 0 aliphatic carbocycles. The number of rotatable bonds is 6. The van der Waals surface area contributed by atoms with Gasteiger partial charge in [0.2, 0.25) is 11.7 Å². The summed E-state index contributed by atoms with van der Waals surface area (Å²) in [6.07, 6.45) is 1.57. The highest BCUT2D eigenvalue weighted by Crippen LogP contribution is 2.31. The molecule has 1 aliphatic rings. The molecule has 1 fully saturated rings. The molecule has 8 nitrogen and oxygen atoms in total. The van der Waals surface area contributed by atoms with Crippen molar-refractivity contribution in [3.63, 3.8) is 0 Å². The number of methoxy groups -OCH3 is 2. The normalized spacial score (nSPS) is 18.1. The van der Waals surface area contributed by atoms with Crippen LogP contribution in [0.15, 0.2) is 22.7 Å². The van der Waals surface area contributed by atoms with Crippen molar-refractivity contribution in [3.8, 4) is 22.9 Å². The van der Waals surface area contributed by atoms with Gasteiger partial charge in [0.15, 0.2) is 11.5 Å². The van der Waals surface area contributed by atoms with Crippen LogP contribution in [0.4, 0.5) is 0 Å². The third kappa shape index (κ3) is 3.90. The minimum atomic E-state index is -0.749. The molecule has 2 heterocycles. The summed E-state index contributed by atoms with van der Waals surface area (Å²) in [6.45, 7) is 1.78. The van der Waals surface area contributed by atoms with Gasteiger partial charge in [-0.1, -0.05) is 5.16 Å². The van der Waals surface area contributed by atoms with Gasteiger partial charge in [0.25, 0.3) is 0 Å². The number of piperidine rings is 1. The van der Waals surface area contributed by atoms with E-state index in [0.717, 1.165) is 18.5 Å². The predicted molar refractivity (Wildman–Crippen MR) is 88.5 cm³/mol. The van der Waals surface area contributed by atoms with E-state index in [2.05, 4.69) is 10.1 Å². The summed E-state index contributed by atoms with van der Waals surface area (Å²) < 4.78 is 15.8. The number of carbonyl (C=O) groups is 1. The van der Waals surface area contributed by atoms with Gasteiger partial charge in [-0.05, 0) is 37.6 Å². The van der Waals surface area contributed by atoms with Gasteiger partial charge in [-0.3, -0.25) is 9.69 Å². The maximum atomic E-state index is 11.2. The Morgan fingerprint density at radius 1 is 1.36 bits per heavy atom. The summed E-state index contributed by atoms with van der Waals surface area (Å²) >= 11 is 0. The van der Waals surface area contributed by atoms with Gasteiger partial charge in [-0.25, -0.2) is 0 Å². The number of likely N-dealkylation sites (tertiary alicyclic amines) is 1. The molecular weight excluding hydrogens is 326 g/mol. The molecule has 0 bridgehead atoms. The van der Waals surface area contributed by atoms with E-state index < -0.39 is 5.97 Å². The van der Waals surface area contributed by atoms with Crippen LogP contribution in [0.2, 0.25) is 0 Å². The minimum Gasteiger partial charge on any atom is -0.493 e. The SMILES string of the molecule is COc1ccc(-c2noc(CN3CCC[C@@H](C(=O)O)C3)n2)cc1OC. The van der Waals surface area contributed by atoms with Crippen LogP contribution in [0.5, 0.6) is 11.5 Å². The first-order valence-corrected chi connectivity index (χ1v) is 8.11. The molecule has 1 atom stereocenters. The van der Waals surface area contributed by atoms with E-state index in [1.54, 1.807) is 26.4 Å². The first-order chi connectivity index (χ1) is 12.1. The molecule has 1 N–H and O–H groups in total. The van der Waals surface area contributed by atoms with Crippen molar-refractivity contribution >= 4 is 5.97 Å². The summed E-state index contributed by atoms with van der Waals surface area (Å²) in [5.74, 6) is 1.07. The van der Waals surface area contributed by atoms with Gasteiger partial charge in [0, 0.05) is 12.1 Å². The van der Waals surface area contributed by atoms with Crippen molar-refractivity contribution in [3.05, 3.63) is 24.1 Å². The molecule has 3 rings (SSSR count). The molecule has 1 aromatic heterocycles. The molecule has 0 radical (unpaired) electrons. The Morgan fingerprint density at radius 2 is 2.16 bits per heavy atom. The van der Waals surface area contributed by atoms with Crippen LogP contribution < -0.4 is 9.47 Å². The van der Waals surface area contributed by atoms with E-state index >= 15 is 0 Å². The lowest BCUT2D eigenvalue weighted by Crippen LogP contribution is -2.38. The zero-order chi connectivity index (χ0) is 17.8. The van der Waals surface area contributed by atoms with E-state index in [-0.39, 0.29) is 5.92 Å². The number of nitrogens with zero attached hydrogens (tertiary/aromatic N) is 3. The summed E-state index contributed by atoms with van der Waals surface area (Å²) in [5.41, 5.74) is 0.759. The minimum absolute atomic E-state index is 0.331. The second-order valence-electron chi connectivity index (χ2n) is 5.99. The van der Waals surface area contributed by atoms with Crippen molar-refractivity contribution < 1.29 is 23.9 Å². The average Bonchev–Trinajstić information content (AvgIpc) is 3.09. The van der Waals surface area contributed by atoms with E-state index in [9.17, 15) is 4.79 Å². The van der Waals surface area contributed by atoms with E-state index in [1.165, 1.54) is 0 Å². The Balaban J connectivity index is 1.71. The van der Waals surface area contributed by atoms with Crippen molar-refractivity contribution in [1.29, 1.82) is 0 Å². The highest BCUT2D eigenvalue weighted by Gasteiger charge is 2.26. The molecule has 0 amide bonds. The molecule has 1 aliphatic heterocycles. The standard InChI is InChI=1S/C17H21N3O5/c1-23-13-6-5-11(8-14(13)24-2)16-18-15(25-19-16)10-20-7-3-4-12(9-20)17(21)22/h5-6,8,12H,3-4,7,9-10H2,1-2H3,(H,21,22)/t12-/m1/s1. The topological polar surface area (TPSA) is 97.9 Å². The van der Waals surface area contributed by atoms with Gasteiger partial charge in [0.1, 0.15) is 0 Å². The monoisotopic (exact) mass is 347 g/mol. The first kappa shape index (κ1) is 17.2. The van der Waals surface area contributed by atoms with Crippen LogP contribution in [0.3, 0.4) is 0 Å². The highest BCUT2D eigenvalue weighted by atomic mass is 16.5. The van der Waals surface area contributed by atoms with Gasteiger partial charge in [0.05, 0.1) is 26.7 Å². The molecule has 0 saturated carbocycles. The fourth-order valence-electron chi connectivity index (χ4n) is 3.00. The number of benzene rings is 1. The maximum Gasteiger partial charge on any atom is 0.307 e. The quantitative estimate of drug-likeness (QED) is 0.848. The van der Waals surface area contributed by atoms with Crippen LogP contribution in [0, 0.1) is 5.92 Å². The molecule has 25 heavy (non-hydrogen) atoms. The zero-order valence-electron chi connectivity index (χ0n) is 14.3. The van der Waals surface area contributed by atoms with Crippen LogP contribution in [0.1, 0.15) is 18.7 Å². The predicted octanol–water partition coefficient (Wildman–Crippen LogP) is 2.05. The Hall–Kier alpha value is -2.61. The summed E-state index contributed by atoms with van der Waals surface area (Å²) in [7, 11) is 3.14. The lowest BCUT2D eigenvalue weighted by Gasteiger charge is -2.29. The number of hydrogen-bond donors (Lipinski definition) is 1. The average molecular weight is 347 g/mol. The summed E-state index contributed by atoms with van der Waals surface area (Å²) in [6, 6.07) is 5.40. The van der Waals surface area contributed by atoms with Gasteiger partial charge in [-0.2, -0.15) is 4.98 Å². The maximum absolute atomic E-state index is 11.2. The number of aliphatic carboxylic acids is 1. The molecule has 2 aromatic rings. The Labute approximate surface area is 145 Å². The highest BCUT2D eigenvalue weighted by molar-refractivity contribution is 5.70. The molecule has 0 unspecified atom stereocenters. The van der Waals surface area contributed by atoms with Gasteiger partial charge in [-0.15, -0.1) is 0 Å². The van der Waals surface area contributed by atoms with Crippen LogP contribution in [-0.2, 0) is 11.3 Å².